The zero-order chi connectivity index (χ0) is 25.9. The van der Waals surface area contributed by atoms with Crippen LogP contribution in [0.2, 0.25) is 0 Å². The lowest BCUT2D eigenvalue weighted by molar-refractivity contribution is 0.735. The average Bonchev–Trinajstić information content (AvgIpc) is 3.40. The number of para-hydroxylation sites is 1. The molecule has 0 radical (unpaired) electrons. The molecule has 7 nitrogen and oxygen atoms in total. The number of anilines is 1. The Kier molecular flexibility index (Phi) is 6.74. The first-order valence-electron chi connectivity index (χ1n) is 11.8. The van der Waals surface area contributed by atoms with Gasteiger partial charge in [0.15, 0.2) is 5.84 Å². The molecular formula is C29H26N6OS. The molecular weight excluding hydrogens is 480 g/mol. The van der Waals surface area contributed by atoms with Gasteiger partial charge >= 0.3 is 0 Å². The van der Waals surface area contributed by atoms with E-state index in [4.69, 9.17) is 4.99 Å². The molecule has 1 N–H and O–H groups in total. The van der Waals surface area contributed by atoms with Gasteiger partial charge in [0.25, 0.3) is 5.56 Å². The zero-order valence-electron chi connectivity index (χ0n) is 20.8. The van der Waals surface area contributed by atoms with Crippen LogP contribution in [0.5, 0.6) is 0 Å². The lowest BCUT2D eigenvalue weighted by Gasteiger charge is -2.19. The maximum Gasteiger partial charge on any atom is 0.263 e. The lowest BCUT2D eigenvalue weighted by Crippen LogP contribution is -2.24. The first kappa shape index (κ1) is 24.3. The molecule has 2 aromatic carbocycles. The molecule has 0 aliphatic rings. The molecule has 0 fully saturated rings. The van der Waals surface area contributed by atoms with Crippen LogP contribution < -0.4 is 10.9 Å². The Labute approximate surface area is 218 Å². The van der Waals surface area contributed by atoms with Crippen LogP contribution in [-0.4, -0.2) is 34.1 Å². The molecule has 0 amide bonds. The quantitative estimate of drug-likeness (QED) is 0.224. The van der Waals surface area contributed by atoms with Gasteiger partial charge in [-0.25, -0.2) is 9.98 Å². The molecule has 5 aromatic rings. The van der Waals surface area contributed by atoms with Crippen LogP contribution >= 0.6 is 11.3 Å². The smallest absolute Gasteiger partial charge is 0.263 e. The van der Waals surface area contributed by atoms with Crippen molar-refractivity contribution in [2.45, 2.75) is 19.9 Å². The van der Waals surface area contributed by atoms with Crippen molar-refractivity contribution in [2.24, 2.45) is 9.98 Å². The van der Waals surface area contributed by atoms with Crippen LogP contribution in [0.3, 0.4) is 0 Å². The molecule has 0 saturated carbocycles. The first-order chi connectivity index (χ1) is 18.0. The highest BCUT2D eigenvalue weighted by molar-refractivity contribution is 7.14. The monoisotopic (exact) mass is 506 g/mol. The van der Waals surface area contributed by atoms with Crippen LogP contribution in [0.25, 0.3) is 27.6 Å². The second kappa shape index (κ2) is 10.3. The predicted molar refractivity (Wildman–Crippen MR) is 154 cm³/mol. The molecule has 0 bridgehead atoms. The lowest BCUT2D eigenvalue weighted by atomic mass is 9.98. The zero-order valence-corrected chi connectivity index (χ0v) is 21.7. The van der Waals surface area contributed by atoms with Crippen LogP contribution in [0.4, 0.5) is 5.00 Å². The molecule has 8 heteroatoms. The second-order valence-electron chi connectivity index (χ2n) is 8.63. The predicted octanol–water partition coefficient (Wildman–Crippen LogP) is 6.07. The van der Waals surface area contributed by atoms with Crippen LogP contribution in [0.15, 0.2) is 93.3 Å². The number of rotatable bonds is 6. The standard InChI is InChI=1S/C29H26N6OS/c1-18-13-21(16-32-15-18)23-12-8-9-20-14-24(35(29(36)25(20)23)22-10-6-5-7-11-22)19(2)34-27(30-3)26-28(31-4)37-17-33-26/h5-17,19,31H,3H2,1-2,4H3/t19-/m0/s1. The highest BCUT2D eigenvalue weighted by atomic mass is 32.1. The summed E-state index contributed by atoms with van der Waals surface area (Å²) in [5.74, 6) is 0.421. The number of pyridine rings is 2. The van der Waals surface area contributed by atoms with Gasteiger partial charge in [-0.2, -0.15) is 0 Å². The summed E-state index contributed by atoms with van der Waals surface area (Å²) in [6.45, 7) is 7.67. The summed E-state index contributed by atoms with van der Waals surface area (Å²) in [6, 6.07) is 19.2. The fourth-order valence-electron chi connectivity index (χ4n) is 4.48. The molecule has 0 spiro atoms. The van der Waals surface area contributed by atoms with Gasteiger partial charge in [-0.3, -0.25) is 19.3 Å². The molecule has 0 aliphatic heterocycles. The highest BCUT2D eigenvalue weighted by Gasteiger charge is 2.20. The summed E-state index contributed by atoms with van der Waals surface area (Å²) in [6.07, 6.45) is 3.60. The molecule has 1 atom stereocenters. The van der Waals surface area contributed by atoms with Crippen molar-refractivity contribution >= 4 is 39.7 Å². The number of hydrogen-bond acceptors (Lipinski definition) is 6. The minimum atomic E-state index is -0.409. The van der Waals surface area contributed by atoms with Gasteiger partial charge < -0.3 is 5.32 Å². The minimum Gasteiger partial charge on any atom is -0.378 e. The van der Waals surface area contributed by atoms with E-state index in [1.165, 1.54) is 11.3 Å². The van der Waals surface area contributed by atoms with Crippen LogP contribution in [0, 0.1) is 6.92 Å². The number of nitrogens with one attached hydrogen (secondary N) is 1. The average molecular weight is 507 g/mol. The molecule has 0 aliphatic carbocycles. The third kappa shape index (κ3) is 4.59. The molecule has 3 aromatic heterocycles. The van der Waals surface area contributed by atoms with E-state index < -0.39 is 6.04 Å². The summed E-state index contributed by atoms with van der Waals surface area (Å²) < 4.78 is 1.74. The molecule has 3 heterocycles. The van der Waals surface area contributed by atoms with E-state index in [1.54, 1.807) is 16.3 Å². The third-order valence-corrected chi connectivity index (χ3v) is 7.02. The van der Waals surface area contributed by atoms with Gasteiger partial charge in [-0.05, 0) is 61.3 Å². The number of thiazole rings is 1. The van der Waals surface area contributed by atoms with Gasteiger partial charge in [0.1, 0.15) is 10.7 Å². The number of benzene rings is 2. The summed E-state index contributed by atoms with van der Waals surface area (Å²) in [5.41, 5.74) is 6.55. The van der Waals surface area contributed by atoms with Gasteiger partial charge in [-0.1, -0.05) is 36.4 Å². The van der Waals surface area contributed by atoms with Crippen molar-refractivity contribution in [2.75, 3.05) is 12.4 Å². The SMILES string of the molecule is C=NC(=N[C@@H](C)c1cc2cccc(-c3cncc(C)c3)c2c(=O)n1-c1ccccc1)c1ncsc1NC. The van der Waals surface area contributed by atoms with Gasteiger partial charge in [0, 0.05) is 30.7 Å². The summed E-state index contributed by atoms with van der Waals surface area (Å²) in [5, 5.41) is 5.46. The number of aryl methyl sites for hydroxylation is 1. The topological polar surface area (TPSA) is 84.5 Å². The summed E-state index contributed by atoms with van der Waals surface area (Å²) >= 11 is 1.47. The fraction of sp³-hybridized carbons (Fsp3) is 0.138. The highest BCUT2D eigenvalue weighted by Crippen LogP contribution is 2.31. The Morgan fingerprint density at radius 3 is 2.65 bits per heavy atom. The van der Waals surface area contributed by atoms with Crippen molar-refractivity contribution in [3.8, 4) is 16.8 Å². The molecule has 0 unspecified atom stereocenters. The van der Waals surface area contributed by atoms with Crippen molar-refractivity contribution in [3.05, 3.63) is 106 Å². The second-order valence-corrected chi connectivity index (χ2v) is 9.49. The number of hydrogen-bond donors (Lipinski definition) is 1. The fourth-order valence-corrected chi connectivity index (χ4v) is 5.12. The van der Waals surface area contributed by atoms with Crippen molar-refractivity contribution < 1.29 is 0 Å². The Balaban J connectivity index is 1.77. The van der Waals surface area contributed by atoms with Gasteiger partial charge in [-0.15, -0.1) is 11.3 Å². The van der Waals surface area contributed by atoms with Crippen molar-refractivity contribution in [3.63, 3.8) is 0 Å². The van der Waals surface area contributed by atoms with Crippen molar-refractivity contribution in [1.29, 1.82) is 0 Å². The molecule has 0 saturated heterocycles. The number of aliphatic imine (C=N–C) groups is 2. The largest absolute Gasteiger partial charge is 0.378 e. The molecule has 184 valence electrons. The Hall–Kier alpha value is -4.43. The Morgan fingerprint density at radius 2 is 1.92 bits per heavy atom. The van der Waals surface area contributed by atoms with Gasteiger partial charge in [0.05, 0.1) is 22.6 Å². The molecule has 37 heavy (non-hydrogen) atoms. The van der Waals surface area contributed by atoms with Crippen LogP contribution in [0.1, 0.15) is 29.9 Å². The first-order valence-corrected chi connectivity index (χ1v) is 12.7. The maximum absolute atomic E-state index is 14.3. The van der Waals surface area contributed by atoms with E-state index in [0.717, 1.165) is 38.5 Å². The normalized spacial score (nSPS) is 12.5. The minimum absolute atomic E-state index is 0.115. The summed E-state index contributed by atoms with van der Waals surface area (Å²) in [4.78, 5) is 32.1. The van der Waals surface area contributed by atoms with E-state index >= 15 is 0 Å². The number of amidine groups is 1. The Morgan fingerprint density at radius 1 is 1.11 bits per heavy atom. The van der Waals surface area contributed by atoms with E-state index in [-0.39, 0.29) is 5.56 Å². The maximum atomic E-state index is 14.3. The number of aromatic nitrogens is 3. The van der Waals surface area contributed by atoms with E-state index in [0.29, 0.717) is 16.9 Å². The van der Waals surface area contributed by atoms with Crippen LogP contribution in [-0.2, 0) is 0 Å². The van der Waals surface area contributed by atoms with E-state index in [1.807, 2.05) is 87.8 Å². The summed E-state index contributed by atoms with van der Waals surface area (Å²) in [7, 11) is 1.83. The number of nitrogens with zero attached hydrogens (tertiary/aromatic N) is 5. The number of fused-ring (bicyclic) bond motifs is 1. The van der Waals surface area contributed by atoms with E-state index in [9.17, 15) is 4.79 Å². The third-order valence-electron chi connectivity index (χ3n) is 6.18. The molecule has 5 rings (SSSR count). The van der Waals surface area contributed by atoms with Gasteiger partial charge in [0.2, 0.25) is 0 Å². The van der Waals surface area contributed by atoms with E-state index in [2.05, 4.69) is 27.0 Å². The Bertz CT molecular complexity index is 1690. The van der Waals surface area contributed by atoms with Crippen molar-refractivity contribution in [1.82, 2.24) is 14.5 Å².